The topological polar surface area (TPSA) is 82.3 Å². The lowest BCUT2D eigenvalue weighted by molar-refractivity contribution is -0.116. The number of hydrogen-bond acceptors (Lipinski definition) is 3. The average molecular weight is 458 g/mol. The maximum absolute atomic E-state index is 13.0. The minimum Gasteiger partial charge on any atom is -0.329 e. The molecule has 3 aromatic rings. The van der Waals surface area contributed by atoms with E-state index in [1.807, 2.05) is 37.3 Å². The largest absolute Gasteiger partial charge is 0.329 e. The number of aromatic amines is 1. The lowest BCUT2D eigenvalue weighted by Crippen LogP contribution is -2.40. The SMILES string of the molecule is CCCN(CC(=O)Nc1cc(Cl)ccc1Cl)C(=O)c1ccc(-c2ccccc2)[nH]c1=O. The number of rotatable bonds is 7. The minimum absolute atomic E-state index is 0.0262. The Morgan fingerprint density at radius 2 is 1.77 bits per heavy atom. The number of hydrogen-bond donors (Lipinski definition) is 2. The van der Waals surface area contributed by atoms with Crippen LogP contribution < -0.4 is 10.9 Å². The molecule has 6 nitrogen and oxygen atoms in total. The minimum atomic E-state index is -0.518. The van der Waals surface area contributed by atoms with Gasteiger partial charge in [-0.05, 0) is 42.3 Å². The molecule has 0 saturated heterocycles. The number of nitrogens with one attached hydrogen (secondary N) is 2. The van der Waals surface area contributed by atoms with Crippen molar-refractivity contribution in [2.75, 3.05) is 18.4 Å². The number of pyridine rings is 1. The summed E-state index contributed by atoms with van der Waals surface area (Å²) in [6.07, 6.45) is 0.622. The van der Waals surface area contributed by atoms with Gasteiger partial charge >= 0.3 is 0 Å². The van der Waals surface area contributed by atoms with Crippen molar-refractivity contribution >= 4 is 40.7 Å². The van der Waals surface area contributed by atoms with Crippen LogP contribution in [0.2, 0.25) is 10.0 Å². The van der Waals surface area contributed by atoms with Gasteiger partial charge in [0.25, 0.3) is 11.5 Å². The molecule has 0 aliphatic rings. The van der Waals surface area contributed by atoms with Gasteiger partial charge in [-0.2, -0.15) is 0 Å². The standard InChI is InChI=1S/C23H21Cl2N3O3/c1-2-12-28(14-21(29)26-20-13-16(24)8-10-18(20)25)23(31)17-9-11-19(27-22(17)30)15-6-4-3-5-7-15/h3-11,13H,2,12,14H2,1H3,(H,26,29)(H,27,30). The highest BCUT2D eigenvalue weighted by molar-refractivity contribution is 6.35. The van der Waals surface area contributed by atoms with E-state index in [4.69, 9.17) is 23.2 Å². The highest BCUT2D eigenvalue weighted by atomic mass is 35.5. The molecule has 0 atom stereocenters. The van der Waals surface area contributed by atoms with Crippen molar-refractivity contribution in [2.45, 2.75) is 13.3 Å². The van der Waals surface area contributed by atoms with Gasteiger partial charge in [-0.3, -0.25) is 14.4 Å². The Morgan fingerprint density at radius 3 is 2.45 bits per heavy atom. The molecule has 31 heavy (non-hydrogen) atoms. The second-order valence-electron chi connectivity index (χ2n) is 6.88. The lowest BCUT2D eigenvalue weighted by atomic mass is 10.1. The van der Waals surface area contributed by atoms with Crippen LogP contribution in [0.1, 0.15) is 23.7 Å². The number of nitrogens with zero attached hydrogens (tertiary/aromatic N) is 1. The smallest absolute Gasteiger partial charge is 0.261 e. The third kappa shape index (κ3) is 5.75. The molecular formula is C23H21Cl2N3O3. The van der Waals surface area contributed by atoms with Crippen LogP contribution in [0, 0.1) is 0 Å². The molecule has 160 valence electrons. The molecule has 0 radical (unpaired) electrons. The van der Waals surface area contributed by atoms with Crippen LogP contribution in [0.3, 0.4) is 0 Å². The maximum atomic E-state index is 13.0. The Hall–Kier alpha value is -3.09. The number of H-pyrrole nitrogens is 1. The van der Waals surface area contributed by atoms with E-state index in [0.29, 0.717) is 34.4 Å². The molecule has 0 saturated carbocycles. The zero-order valence-electron chi connectivity index (χ0n) is 16.8. The van der Waals surface area contributed by atoms with Crippen LogP contribution in [-0.2, 0) is 4.79 Å². The maximum Gasteiger partial charge on any atom is 0.261 e. The quantitative estimate of drug-likeness (QED) is 0.532. The molecule has 2 N–H and O–H groups in total. The van der Waals surface area contributed by atoms with Gasteiger partial charge in [0.2, 0.25) is 5.91 Å². The van der Waals surface area contributed by atoms with Gasteiger partial charge in [0.05, 0.1) is 10.7 Å². The monoisotopic (exact) mass is 457 g/mol. The molecule has 3 rings (SSSR count). The third-order valence-corrected chi connectivity index (χ3v) is 5.11. The Labute approximate surface area is 189 Å². The fourth-order valence-corrected chi connectivity index (χ4v) is 3.41. The number of aromatic nitrogens is 1. The van der Waals surface area contributed by atoms with Crippen LogP contribution in [0.25, 0.3) is 11.3 Å². The van der Waals surface area contributed by atoms with Gasteiger partial charge < -0.3 is 15.2 Å². The molecule has 0 fully saturated rings. The summed E-state index contributed by atoms with van der Waals surface area (Å²) < 4.78 is 0. The van der Waals surface area contributed by atoms with Crippen molar-refractivity contribution in [3.05, 3.63) is 86.6 Å². The highest BCUT2D eigenvalue weighted by Gasteiger charge is 2.21. The van der Waals surface area contributed by atoms with E-state index >= 15 is 0 Å². The third-order valence-electron chi connectivity index (χ3n) is 4.54. The molecule has 0 unspecified atom stereocenters. The van der Waals surface area contributed by atoms with E-state index in [1.165, 1.54) is 17.0 Å². The normalized spacial score (nSPS) is 10.5. The van der Waals surface area contributed by atoms with E-state index < -0.39 is 17.4 Å². The first-order valence-corrected chi connectivity index (χ1v) is 10.5. The molecule has 0 aliphatic heterocycles. The van der Waals surface area contributed by atoms with E-state index in [9.17, 15) is 14.4 Å². The van der Waals surface area contributed by atoms with E-state index in [2.05, 4.69) is 10.3 Å². The van der Waals surface area contributed by atoms with Gasteiger partial charge in [-0.1, -0.05) is 60.5 Å². The van der Waals surface area contributed by atoms with Crippen LogP contribution in [-0.4, -0.2) is 34.8 Å². The molecular weight excluding hydrogens is 437 g/mol. The van der Waals surface area contributed by atoms with Crippen LogP contribution in [0.5, 0.6) is 0 Å². The van der Waals surface area contributed by atoms with Gasteiger partial charge in [0.15, 0.2) is 0 Å². The van der Waals surface area contributed by atoms with Crippen molar-refractivity contribution in [3.8, 4) is 11.3 Å². The zero-order valence-corrected chi connectivity index (χ0v) is 18.3. The molecule has 0 spiro atoms. The molecule has 8 heteroatoms. The van der Waals surface area contributed by atoms with Crippen molar-refractivity contribution in [1.29, 1.82) is 0 Å². The summed E-state index contributed by atoms with van der Waals surface area (Å²) in [4.78, 5) is 42.2. The predicted octanol–water partition coefficient (Wildman–Crippen LogP) is 4.84. The fourth-order valence-electron chi connectivity index (χ4n) is 3.08. The molecule has 2 aromatic carbocycles. The lowest BCUT2D eigenvalue weighted by Gasteiger charge is -2.21. The highest BCUT2D eigenvalue weighted by Crippen LogP contribution is 2.25. The first-order chi connectivity index (χ1) is 14.9. The Morgan fingerprint density at radius 1 is 1.03 bits per heavy atom. The molecule has 0 aliphatic carbocycles. The summed E-state index contributed by atoms with van der Waals surface area (Å²) in [5.41, 5.74) is 1.26. The van der Waals surface area contributed by atoms with Crippen molar-refractivity contribution in [3.63, 3.8) is 0 Å². The van der Waals surface area contributed by atoms with Crippen molar-refractivity contribution < 1.29 is 9.59 Å². The Bertz CT molecular complexity index is 1150. The average Bonchev–Trinajstić information content (AvgIpc) is 2.76. The number of amides is 2. The van der Waals surface area contributed by atoms with Crippen molar-refractivity contribution in [2.24, 2.45) is 0 Å². The summed E-state index contributed by atoms with van der Waals surface area (Å²) in [6.45, 7) is 1.97. The number of benzene rings is 2. The number of carbonyl (C=O) groups excluding carboxylic acids is 2. The molecule has 0 bridgehead atoms. The van der Waals surface area contributed by atoms with Gasteiger partial charge in [0.1, 0.15) is 12.1 Å². The first kappa shape index (κ1) is 22.6. The summed E-state index contributed by atoms with van der Waals surface area (Å²) >= 11 is 12.0. The predicted molar refractivity (Wildman–Crippen MR) is 124 cm³/mol. The number of carbonyl (C=O) groups is 2. The summed E-state index contributed by atoms with van der Waals surface area (Å²) in [5.74, 6) is -0.960. The summed E-state index contributed by atoms with van der Waals surface area (Å²) in [7, 11) is 0. The van der Waals surface area contributed by atoms with Crippen LogP contribution in [0.15, 0.2) is 65.5 Å². The molecule has 1 heterocycles. The fraction of sp³-hybridized carbons (Fsp3) is 0.174. The molecule has 1 aromatic heterocycles. The van der Waals surface area contributed by atoms with E-state index in [0.717, 1.165) is 5.56 Å². The second-order valence-corrected chi connectivity index (χ2v) is 7.72. The van der Waals surface area contributed by atoms with Crippen LogP contribution in [0.4, 0.5) is 5.69 Å². The second kappa shape index (κ2) is 10.3. The number of halogens is 2. The first-order valence-electron chi connectivity index (χ1n) is 9.72. The van der Waals surface area contributed by atoms with Crippen LogP contribution >= 0.6 is 23.2 Å². The summed E-state index contributed by atoms with van der Waals surface area (Å²) in [6, 6.07) is 17.2. The zero-order chi connectivity index (χ0) is 22.4. The van der Waals surface area contributed by atoms with Gasteiger partial charge in [-0.25, -0.2) is 0 Å². The molecule has 2 amide bonds. The van der Waals surface area contributed by atoms with E-state index in [1.54, 1.807) is 18.2 Å². The van der Waals surface area contributed by atoms with E-state index in [-0.39, 0.29) is 12.1 Å². The Kier molecular flexibility index (Phi) is 7.50. The number of anilines is 1. The van der Waals surface area contributed by atoms with Gasteiger partial charge in [-0.15, -0.1) is 0 Å². The van der Waals surface area contributed by atoms with Gasteiger partial charge in [0, 0.05) is 17.3 Å². The van der Waals surface area contributed by atoms with Crippen molar-refractivity contribution in [1.82, 2.24) is 9.88 Å². The Balaban J connectivity index is 1.77. The summed E-state index contributed by atoms with van der Waals surface area (Å²) in [5, 5.41) is 3.41.